The lowest BCUT2D eigenvalue weighted by atomic mass is 10.0. The SMILES string of the molecule is CCOC(=O)C1CCCCN1C(=O)COc1ccc(C(=O)CC)cc1. The van der Waals surface area contributed by atoms with Gasteiger partial charge in [-0.25, -0.2) is 4.79 Å². The van der Waals surface area contributed by atoms with Gasteiger partial charge in [-0.05, 0) is 50.5 Å². The maximum Gasteiger partial charge on any atom is 0.328 e. The van der Waals surface area contributed by atoms with Gasteiger partial charge in [0, 0.05) is 18.5 Å². The zero-order valence-electron chi connectivity index (χ0n) is 14.8. The fourth-order valence-electron chi connectivity index (χ4n) is 2.88. The number of Topliss-reactive ketones (excluding diaryl/α,β-unsaturated/α-hetero) is 1. The molecule has 6 nitrogen and oxygen atoms in total. The van der Waals surface area contributed by atoms with E-state index in [1.54, 1.807) is 36.1 Å². The van der Waals surface area contributed by atoms with Crippen LogP contribution >= 0.6 is 0 Å². The lowest BCUT2D eigenvalue weighted by Crippen LogP contribution is -2.50. The second-order valence-corrected chi connectivity index (χ2v) is 5.94. The second kappa shape index (κ2) is 9.20. The van der Waals surface area contributed by atoms with E-state index in [2.05, 4.69) is 0 Å². The highest BCUT2D eigenvalue weighted by molar-refractivity contribution is 5.95. The zero-order valence-corrected chi connectivity index (χ0v) is 14.8. The summed E-state index contributed by atoms with van der Waals surface area (Å²) < 4.78 is 10.6. The van der Waals surface area contributed by atoms with E-state index in [4.69, 9.17) is 9.47 Å². The number of hydrogen-bond acceptors (Lipinski definition) is 5. The highest BCUT2D eigenvalue weighted by Crippen LogP contribution is 2.19. The summed E-state index contributed by atoms with van der Waals surface area (Å²) in [5.41, 5.74) is 0.625. The molecule has 1 unspecified atom stereocenters. The average molecular weight is 347 g/mol. The summed E-state index contributed by atoms with van der Waals surface area (Å²) in [5.74, 6) is 0.00311. The number of carbonyl (C=O) groups is 3. The first-order valence-electron chi connectivity index (χ1n) is 8.79. The maximum absolute atomic E-state index is 12.5. The number of likely N-dealkylation sites (tertiary alicyclic amines) is 1. The van der Waals surface area contributed by atoms with Crippen molar-refractivity contribution < 1.29 is 23.9 Å². The van der Waals surface area contributed by atoms with Crippen molar-refractivity contribution >= 4 is 17.7 Å². The summed E-state index contributed by atoms with van der Waals surface area (Å²) in [4.78, 5) is 37.6. The monoisotopic (exact) mass is 347 g/mol. The Hall–Kier alpha value is -2.37. The van der Waals surface area contributed by atoms with E-state index in [9.17, 15) is 14.4 Å². The Morgan fingerprint density at radius 3 is 2.48 bits per heavy atom. The van der Waals surface area contributed by atoms with Crippen molar-refractivity contribution in [3.8, 4) is 5.75 Å². The molecule has 6 heteroatoms. The highest BCUT2D eigenvalue weighted by Gasteiger charge is 2.33. The minimum atomic E-state index is -0.519. The number of esters is 1. The van der Waals surface area contributed by atoms with E-state index < -0.39 is 6.04 Å². The third kappa shape index (κ3) is 5.05. The van der Waals surface area contributed by atoms with Crippen LogP contribution in [0.5, 0.6) is 5.75 Å². The van der Waals surface area contributed by atoms with Crippen molar-refractivity contribution in [3.63, 3.8) is 0 Å². The minimum Gasteiger partial charge on any atom is -0.484 e. The van der Waals surface area contributed by atoms with E-state index in [0.717, 1.165) is 12.8 Å². The number of benzene rings is 1. The Bertz CT molecular complexity index is 611. The van der Waals surface area contributed by atoms with Crippen molar-refractivity contribution in [2.24, 2.45) is 0 Å². The number of amides is 1. The number of nitrogens with zero attached hydrogens (tertiary/aromatic N) is 1. The van der Waals surface area contributed by atoms with Gasteiger partial charge in [-0.15, -0.1) is 0 Å². The summed E-state index contributed by atoms with van der Waals surface area (Å²) in [5, 5.41) is 0. The zero-order chi connectivity index (χ0) is 18.2. The largest absolute Gasteiger partial charge is 0.484 e. The lowest BCUT2D eigenvalue weighted by Gasteiger charge is -2.33. The molecular weight excluding hydrogens is 322 g/mol. The van der Waals surface area contributed by atoms with Crippen molar-refractivity contribution in [1.29, 1.82) is 0 Å². The second-order valence-electron chi connectivity index (χ2n) is 5.94. The van der Waals surface area contributed by atoms with Gasteiger partial charge in [0.05, 0.1) is 6.61 Å². The molecule has 0 saturated carbocycles. The quantitative estimate of drug-likeness (QED) is 0.560. The summed E-state index contributed by atoms with van der Waals surface area (Å²) >= 11 is 0. The van der Waals surface area contributed by atoms with Crippen molar-refractivity contribution in [2.75, 3.05) is 19.8 Å². The molecule has 1 aliphatic heterocycles. The molecule has 1 heterocycles. The van der Waals surface area contributed by atoms with Gasteiger partial charge in [0.15, 0.2) is 12.4 Å². The number of ketones is 1. The van der Waals surface area contributed by atoms with Crippen LogP contribution in [0.4, 0.5) is 0 Å². The first kappa shape index (κ1) is 19.0. The van der Waals surface area contributed by atoms with Crippen molar-refractivity contribution in [2.45, 2.75) is 45.6 Å². The normalized spacial score (nSPS) is 17.0. The Morgan fingerprint density at radius 2 is 1.84 bits per heavy atom. The van der Waals surface area contributed by atoms with E-state index >= 15 is 0 Å². The number of hydrogen-bond donors (Lipinski definition) is 0. The molecule has 0 N–H and O–H groups in total. The predicted octanol–water partition coefficient (Wildman–Crippen LogP) is 2.60. The Balaban J connectivity index is 1.93. The molecule has 0 bridgehead atoms. The first-order valence-corrected chi connectivity index (χ1v) is 8.79. The third-order valence-electron chi connectivity index (χ3n) is 4.24. The molecule has 1 saturated heterocycles. The summed E-state index contributed by atoms with van der Waals surface area (Å²) in [6, 6.07) is 6.21. The van der Waals surface area contributed by atoms with Gasteiger partial charge in [-0.3, -0.25) is 9.59 Å². The Labute approximate surface area is 148 Å². The van der Waals surface area contributed by atoms with Crippen molar-refractivity contribution in [3.05, 3.63) is 29.8 Å². The van der Waals surface area contributed by atoms with Crippen LogP contribution in [0.3, 0.4) is 0 Å². The molecule has 136 valence electrons. The highest BCUT2D eigenvalue weighted by atomic mass is 16.5. The molecule has 1 aliphatic rings. The van der Waals surface area contributed by atoms with Gasteiger partial charge in [0.2, 0.25) is 0 Å². The topological polar surface area (TPSA) is 72.9 Å². The first-order chi connectivity index (χ1) is 12.1. The number of carbonyl (C=O) groups excluding carboxylic acids is 3. The van der Waals surface area contributed by atoms with Gasteiger partial charge < -0.3 is 14.4 Å². The van der Waals surface area contributed by atoms with Crippen LogP contribution in [0.2, 0.25) is 0 Å². The number of ether oxygens (including phenoxy) is 2. The fraction of sp³-hybridized carbons (Fsp3) is 0.526. The van der Waals surface area contributed by atoms with Crippen molar-refractivity contribution in [1.82, 2.24) is 4.90 Å². The molecule has 1 aromatic carbocycles. The molecule has 2 rings (SSSR count). The van der Waals surface area contributed by atoms with Crippen LogP contribution in [0, 0.1) is 0 Å². The van der Waals surface area contributed by atoms with Gasteiger partial charge in [-0.2, -0.15) is 0 Å². The van der Waals surface area contributed by atoms with Crippen LogP contribution in [0.15, 0.2) is 24.3 Å². The summed E-state index contributed by atoms with van der Waals surface area (Å²) in [6.07, 6.45) is 2.85. The molecule has 1 aromatic rings. The lowest BCUT2D eigenvalue weighted by molar-refractivity contribution is -0.157. The van der Waals surface area contributed by atoms with Crippen LogP contribution in [-0.2, 0) is 14.3 Å². The number of rotatable bonds is 7. The summed E-state index contributed by atoms with van der Waals surface area (Å²) in [6.45, 7) is 4.26. The van der Waals surface area contributed by atoms with E-state index in [1.807, 2.05) is 6.92 Å². The van der Waals surface area contributed by atoms with Gasteiger partial charge >= 0.3 is 5.97 Å². The Kier molecular flexibility index (Phi) is 6.98. The van der Waals surface area contributed by atoms with Gasteiger partial charge in [0.25, 0.3) is 5.91 Å². The van der Waals surface area contributed by atoms with Gasteiger partial charge in [0.1, 0.15) is 11.8 Å². The van der Waals surface area contributed by atoms with E-state index in [0.29, 0.717) is 37.3 Å². The molecule has 1 amide bonds. The molecule has 0 aromatic heterocycles. The molecule has 0 radical (unpaired) electrons. The molecule has 25 heavy (non-hydrogen) atoms. The van der Waals surface area contributed by atoms with Gasteiger partial charge in [-0.1, -0.05) is 6.92 Å². The molecule has 0 aliphatic carbocycles. The van der Waals surface area contributed by atoms with E-state index in [-0.39, 0.29) is 24.3 Å². The fourth-order valence-corrected chi connectivity index (χ4v) is 2.88. The number of piperidine rings is 1. The molecule has 1 atom stereocenters. The van der Waals surface area contributed by atoms with Crippen LogP contribution < -0.4 is 4.74 Å². The molecule has 0 spiro atoms. The Morgan fingerprint density at radius 1 is 1.12 bits per heavy atom. The summed E-state index contributed by atoms with van der Waals surface area (Å²) in [7, 11) is 0. The minimum absolute atomic E-state index is 0.0632. The standard InChI is InChI=1S/C19H25NO5/c1-3-17(21)14-8-10-15(11-9-14)25-13-18(22)20-12-6-5-7-16(20)19(23)24-4-2/h8-11,16H,3-7,12-13H2,1-2H3. The molecule has 1 fully saturated rings. The average Bonchev–Trinajstić information content (AvgIpc) is 2.66. The molecular formula is C19H25NO5. The smallest absolute Gasteiger partial charge is 0.328 e. The van der Waals surface area contributed by atoms with Crippen LogP contribution in [-0.4, -0.2) is 48.4 Å². The van der Waals surface area contributed by atoms with E-state index in [1.165, 1.54) is 0 Å². The third-order valence-corrected chi connectivity index (χ3v) is 4.24. The maximum atomic E-state index is 12.5. The predicted molar refractivity (Wildman–Crippen MR) is 92.5 cm³/mol. The van der Waals surface area contributed by atoms with Crippen LogP contribution in [0.1, 0.15) is 49.9 Å². The van der Waals surface area contributed by atoms with Crippen LogP contribution in [0.25, 0.3) is 0 Å².